The summed E-state index contributed by atoms with van der Waals surface area (Å²) in [6, 6.07) is 0. The van der Waals surface area contributed by atoms with Gasteiger partial charge in [0.05, 0.1) is 19.3 Å². The van der Waals surface area contributed by atoms with Gasteiger partial charge >= 0.3 is 5.69 Å². The summed E-state index contributed by atoms with van der Waals surface area (Å²) in [5.41, 5.74) is 5.20. The molecule has 0 saturated heterocycles. The fraction of sp³-hybridized carbons (Fsp3) is 0.267. The van der Waals surface area contributed by atoms with Gasteiger partial charge in [-0.2, -0.15) is 4.98 Å². The number of aromatic amines is 5. The fourth-order valence-corrected chi connectivity index (χ4v) is 2.14. The molecule has 172 valence electrons. The van der Waals surface area contributed by atoms with E-state index in [0.29, 0.717) is 11.2 Å². The van der Waals surface area contributed by atoms with Crippen LogP contribution in [0.4, 0.5) is 5.95 Å². The number of aliphatic hydroxyl groups excluding tert-OH is 4. The van der Waals surface area contributed by atoms with Crippen LogP contribution in [-0.4, -0.2) is 91.5 Å². The molecule has 4 rings (SSSR count). The minimum Gasteiger partial charge on any atom is -0.394 e. The highest BCUT2D eigenvalue weighted by molar-refractivity contribution is 5.69. The van der Waals surface area contributed by atoms with Crippen LogP contribution in [0.5, 0.6) is 0 Å². The van der Waals surface area contributed by atoms with Crippen molar-refractivity contribution in [2.24, 2.45) is 0 Å². The Hall–Kier alpha value is -4.19. The van der Waals surface area contributed by atoms with Gasteiger partial charge in [0, 0.05) is 0 Å². The average molecular weight is 453 g/mol. The molecule has 32 heavy (non-hydrogen) atoms. The number of rotatable bonds is 4. The standard InChI is InChI=1S/C5H5N5O.C5H4N4O2.C5H10O5/c6-5-9-3-2(4(11)10-5)7-1-8-3;10-4-2-3(7-1-6-2)8-5(11)9-4;6-1-3(8)5(10)4(9)2-7/h1H,(H4,6,7,8,9,10,11);1H,(H3,6,7,8,9,10,11);1,3-5,7-10H,2H2. The van der Waals surface area contributed by atoms with Gasteiger partial charge in [-0.15, -0.1) is 0 Å². The molecule has 4 aromatic heterocycles. The molecule has 0 amide bonds. The number of nitrogens with one attached hydrogen (secondary N) is 5. The van der Waals surface area contributed by atoms with E-state index in [1.54, 1.807) is 0 Å². The second-order valence-electron chi connectivity index (χ2n) is 5.95. The highest BCUT2D eigenvalue weighted by atomic mass is 16.4. The summed E-state index contributed by atoms with van der Waals surface area (Å²) in [5.74, 6) is 0.0783. The Bertz CT molecular complexity index is 1340. The van der Waals surface area contributed by atoms with Crippen molar-refractivity contribution in [1.29, 1.82) is 0 Å². The van der Waals surface area contributed by atoms with E-state index in [0.717, 1.165) is 0 Å². The molecule has 3 atom stereocenters. The quantitative estimate of drug-likeness (QED) is 0.131. The highest BCUT2D eigenvalue weighted by Gasteiger charge is 2.22. The summed E-state index contributed by atoms with van der Waals surface area (Å²) in [4.78, 5) is 65.6. The van der Waals surface area contributed by atoms with E-state index in [2.05, 4.69) is 39.9 Å². The fourth-order valence-electron chi connectivity index (χ4n) is 2.14. The third-order valence-electron chi connectivity index (χ3n) is 3.71. The zero-order chi connectivity index (χ0) is 23.8. The van der Waals surface area contributed by atoms with Crippen LogP contribution in [0.2, 0.25) is 0 Å². The van der Waals surface area contributed by atoms with Gasteiger partial charge in [0.25, 0.3) is 11.1 Å². The molecule has 0 aromatic carbocycles. The Balaban J connectivity index is 0.000000171. The van der Waals surface area contributed by atoms with E-state index in [1.165, 1.54) is 12.7 Å². The summed E-state index contributed by atoms with van der Waals surface area (Å²) < 4.78 is 0. The van der Waals surface area contributed by atoms with Gasteiger partial charge in [0.1, 0.15) is 23.8 Å². The van der Waals surface area contributed by atoms with E-state index in [1.807, 2.05) is 0 Å². The van der Waals surface area contributed by atoms with Crippen LogP contribution in [0.3, 0.4) is 0 Å². The Morgan fingerprint density at radius 1 is 0.969 bits per heavy atom. The number of anilines is 1. The molecule has 17 heteroatoms. The summed E-state index contributed by atoms with van der Waals surface area (Å²) >= 11 is 0. The molecule has 0 saturated carbocycles. The molecule has 0 radical (unpaired) electrons. The molecule has 0 aliphatic carbocycles. The van der Waals surface area contributed by atoms with Crippen LogP contribution in [0, 0.1) is 0 Å². The number of carbonyl (C=O) groups excluding carboxylic acids is 1. The number of nitrogens with two attached hydrogens (primary N) is 1. The van der Waals surface area contributed by atoms with Crippen LogP contribution in [0.15, 0.2) is 27.0 Å². The largest absolute Gasteiger partial charge is 0.394 e. The second kappa shape index (κ2) is 10.7. The SMILES string of the molecule is Nc1nc2nc[nH]c2c(=O)[nH]1.O=CC(O)C(O)C(O)CO.O=c1[nH]c(=O)c2[nH]cnc2[nH]1. The van der Waals surface area contributed by atoms with Gasteiger partial charge in [-0.05, 0) is 0 Å². The molecule has 0 aliphatic rings. The van der Waals surface area contributed by atoms with Gasteiger partial charge in [-0.25, -0.2) is 14.8 Å². The molecule has 3 unspecified atom stereocenters. The van der Waals surface area contributed by atoms with Crippen LogP contribution in [-0.2, 0) is 4.79 Å². The van der Waals surface area contributed by atoms with Gasteiger partial charge < -0.3 is 40.9 Å². The number of aldehydes is 1. The van der Waals surface area contributed by atoms with Crippen molar-refractivity contribution in [3.8, 4) is 0 Å². The molecule has 0 spiro atoms. The Labute approximate surface area is 175 Å². The normalized spacial score (nSPS) is 13.4. The number of aliphatic hydroxyl groups is 4. The number of nitrogen functional groups attached to an aromatic ring is 1. The lowest BCUT2D eigenvalue weighted by molar-refractivity contribution is -0.127. The van der Waals surface area contributed by atoms with E-state index < -0.39 is 36.2 Å². The van der Waals surface area contributed by atoms with E-state index in [4.69, 9.17) is 26.2 Å². The highest BCUT2D eigenvalue weighted by Crippen LogP contribution is 1.99. The zero-order valence-corrected chi connectivity index (χ0v) is 16.0. The molecule has 4 heterocycles. The Kier molecular flexibility index (Phi) is 8.07. The summed E-state index contributed by atoms with van der Waals surface area (Å²) in [7, 11) is 0. The lowest BCUT2D eigenvalue weighted by Gasteiger charge is -2.16. The molecule has 4 aromatic rings. The third kappa shape index (κ3) is 5.92. The van der Waals surface area contributed by atoms with E-state index in [9.17, 15) is 19.2 Å². The smallest absolute Gasteiger partial charge is 0.327 e. The van der Waals surface area contributed by atoms with Crippen LogP contribution < -0.4 is 22.5 Å². The minimum atomic E-state index is -1.64. The van der Waals surface area contributed by atoms with Crippen molar-refractivity contribution in [1.82, 2.24) is 39.9 Å². The number of H-pyrrole nitrogens is 5. The number of hydrogen-bond donors (Lipinski definition) is 10. The predicted octanol–water partition coefficient (Wildman–Crippen LogP) is -4.57. The molecule has 11 N–H and O–H groups in total. The summed E-state index contributed by atoms with van der Waals surface area (Å²) in [6.07, 6.45) is -1.89. The molecule has 0 aliphatic heterocycles. The van der Waals surface area contributed by atoms with Crippen molar-refractivity contribution < 1.29 is 25.2 Å². The first-order chi connectivity index (χ1) is 15.2. The van der Waals surface area contributed by atoms with Crippen molar-refractivity contribution in [2.45, 2.75) is 18.3 Å². The number of aromatic nitrogens is 8. The molecule has 17 nitrogen and oxygen atoms in total. The maximum atomic E-state index is 11.0. The predicted molar refractivity (Wildman–Crippen MR) is 107 cm³/mol. The molecule has 0 fully saturated rings. The number of carbonyl (C=O) groups is 1. The van der Waals surface area contributed by atoms with Crippen molar-refractivity contribution >= 4 is 34.6 Å². The summed E-state index contributed by atoms with van der Waals surface area (Å²) in [5, 5.41) is 34.1. The number of hydrogen-bond acceptors (Lipinski definition) is 12. The molecule has 0 bridgehead atoms. The lowest BCUT2D eigenvalue weighted by Crippen LogP contribution is -2.40. The lowest BCUT2D eigenvalue weighted by atomic mass is 10.1. The number of fused-ring (bicyclic) bond motifs is 2. The van der Waals surface area contributed by atoms with E-state index in [-0.39, 0.29) is 29.0 Å². The monoisotopic (exact) mass is 453 g/mol. The number of imidazole rings is 2. The third-order valence-corrected chi connectivity index (χ3v) is 3.71. The Morgan fingerprint density at radius 2 is 1.59 bits per heavy atom. The maximum Gasteiger partial charge on any atom is 0.327 e. The minimum absolute atomic E-state index is 0.0783. The van der Waals surface area contributed by atoms with Crippen LogP contribution >= 0.6 is 0 Å². The average Bonchev–Trinajstić information content (AvgIpc) is 3.42. The number of nitrogens with zero attached hydrogens (tertiary/aromatic N) is 3. The van der Waals surface area contributed by atoms with Gasteiger partial charge in [0.2, 0.25) is 5.95 Å². The summed E-state index contributed by atoms with van der Waals surface area (Å²) in [6.45, 7) is -0.688. The van der Waals surface area contributed by atoms with Gasteiger partial charge in [-0.3, -0.25) is 24.5 Å². The molecular weight excluding hydrogens is 434 g/mol. The topological polar surface area (TPSA) is 293 Å². The maximum absolute atomic E-state index is 11.0. The first-order valence-corrected chi connectivity index (χ1v) is 8.62. The first kappa shape index (κ1) is 24.1. The Morgan fingerprint density at radius 3 is 2.25 bits per heavy atom. The van der Waals surface area contributed by atoms with E-state index >= 15 is 0 Å². The van der Waals surface area contributed by atoms with Crippen LogP contribution in [0.25, 0.3) is 22.3 Å². The first-order valence-electron chi connectivity index (χ1n) is 8.62. The van der Waals surface area contributed by atoms with Crippen molar-refractivity contribution in [3.63, 3.8) is 0 Å². The second-order valence-corrected chi connectivity index (χ2v) is 5.95. The molecular formula is C15H19N9O8. The van der Waals surface area contributed by atoms with Crippen molar-refractivity contribution in [2.75, 3.05) is 12.3 Å². The van der Waals surface area contributed by atoms with Gasteiger partial charge in [-0.1, -0.05) is 0 Å². The van der Waals surface area contributed by atoms with Crippen LogP contribution in [0.1, 0.15) is 0 Å². The zero-order valence-electron chi connectivity index (χ0n) is 16.0. The van der Waals surface area contributed by atoms with Crippen molar-refractivity contribution in [3.05, 3.63) is 43.8 Å². The van der Waals surface area contributed by atoms with Gasteiger partial charge in [0.15, 0.2) is 23.1 Å².